The van der Waals surface area contributed by atoms with Gasteiger partial charge in [-0.15, -0.1) is 0 Å². The van der Waals surface area contributed by atoms with Gasteiger partial charge in [-0.2, -0.15) is 0 Å². The van der Waals surface area contributed by atoms with Crippen LogP contribution in [0.15, 0.2) is 29.3 Å². The van der Waals surface area contributed by atoms with E-state index in [1.807, 2.05) is 18.2 Å². The Hall–Kier alpha value is -1.55. The zero-order chi connectivity index (χ0) is 12.0. The molecule has 0 saturated heterocycles. The van der Waals surface area contributed by atoms with Gasteiger partial charge in [-0.05, 0) is 31.0 Å². The fraction of sp³-hybridized carbons (Fsp3) is 0.417. The third-order valence-electron chi connectivity index (χ3n) is 2.13. The number of guanidine groups is 1. The maximum atomic E-state index is 9.06. The summed E-state index contributed by atoms with van der Waals surface area (Å²) in [6.07, 6.45) is 0.516. The van der Waals surface area contributed by atoms with Gasteiger partial charge >= 0.3 is 0 Å². The van der Waals surface area contributed by atoms with Crippen LogP contribution in [0, 0.1) is 0 Å². The van der Waals surface area contributed by atoms with Crippen LogP contribution in [0.3, 0.4) is 0 Å². The van der Waals surface area contributed by atoms with E-state index >= 15 is 0 Å². The third kappa shape index (κ3) is 4.31. The lowest BCUT2D eigenvalue weighted by Gasteiger charge is -2.07. The van der Waals surface area contributed by atoms with Crippen LogP contribution in [0.2, 0.25) is 0 Å². The van der Waals surface area contributed by atoms with Crippen LogP contribution in [0.4, 0.5) is 5.69 Å². The van der Waals surface area contributed by atoms with Gasteiger partial charge in [-0.25, -0.2) is 0 Å². The molecule has 0 spiro atoms. The second-order valence-electron chi connectivity index (χ2n) is 3.75. The van der Waals surface area contributed by atoms with Gasteiger partial charge in [-0.1, -0.05) is 19.1 Å². The minimum atomic E-state index is -0.470. The van der Waals surface area contributed by atoms with Crippen molar-refractivity contribution in [2.75, 3.05) is 11.9 Å². The number of nitrogens with one attached hydrogen (secondary N) is 1. The Balaban J connectivity index is 2.61. The first-order valence-electron chi connectivity index (χ1n) is 5.45. The number of rotatable bonds is 4. The molecule has 0 bridgehead atoms. The standard InChI is InChI=1S/C12H19N3O/c1-3-10-5-4-6-11(7-10)15-12(13)14-8-9(2)16/h4-7,9,16H,3,8H2,1-2H3,(H3,13,14,15). The van der Waals surface area contributed by atoms with Crippen molar-refractivity contribution in [3.8, 4) is 0 Å². The van der Waals surface area contributed by atoms with Crippen LogP contribution in [0.5, 0.6) is 0 Å². The molecule has 4 heteroatoms. The van der Waals surface area contributed by atoms with Crippen molar-refractivity contribution in [3.05, 3.63) is 29.8 Å². The molecule has 0 aliphatic heterocycles. The first kappa shape index (κ1) is 12.5. The highest BCUT2D eigenvalue weighted by Crippen LogP contribution is 2.10. The Labute approximate surface area is 96.2 Å². The quantitative estimate of drug-likeness (QED) is 0.531. The molecule has 1 atom stereocenters. The molecule has 88 valence electrons. The average Bonchev–Trinajstić information content (AvgIpc) is 2.26. The monoisotopic (exact) mass is 221 g/mol. The molecule has 0 fully saturated rings. The summed E-state index contributed by atoms with van der Waals surface area (Å²) < 4.78 is 0. The van der Waals surface area contributed by atoms with E-state index in [0.717, 1.165) is 12.1 Å². The normalized spacial score (nSPS) is 13.6. The number of aliphatic hydroxyl groups is 1. The summed E-state index contributed by atoms with van der Waals surface area (Å²) in [4.78, 5) is 4.01. The van der Waals surface area contributed by atoms with E-state index in [4.69, 9.17) is 10.8 Å². The van der Waals surface area contributed by atoms with E-state index in [1.165, 1.54) is 5.56 Å². The van der Waals surface area contributed by atoms with Gasteiger partial charge in [-0.3, -0.25) is 4.99 Å². The van der Waals surface area contributed by atoms with Crippen molar-refractivity contribution in [3.63, 3.8) is 0 Å². The van der Waals surface area contributed by atoms with Gasteiger partial charge < -0.3 is 16.2 Å². The number of benzene rings is 1. The SMILES string of the molecule is CCc1cccc(NC(N)=NCC(C)O)c1. The van der Waals surface area contributed by atoms with Crippen molar-refractivity contribution in [2.45, 2.75) is 26.4 Å². The molecule has 4 N–H and O–H groups in total. The Kier molecular flexibility index (Phi) is 4.79. The number of anilines is 1. The van der Waals surface area contributed by atoms with E-state index in [9.17, 15) is 0 Å². The Morgan fingerprint density at radius 1 is 1.56 bits per heavy atom. The maximum Gasteiger partial charge on any atom is 0.193 e. The Morgan fingerprint density at radius 3 is 2.94 bits per heavy atom. The fourth-order valence-electron chi connectivity index (χ4n) is 1.29. The number of hydrogen-bond donors (Lipinski definition) is 3. The molecule has 4 nitrogen and oxygen atoms in total. The van der Waals surface area contributed by atoms with Gasteiger partial charge in [0, 0.05) is 5.69 Å². The van der Waals surface area contributed by atoms with Gasteiger partial charge in [0.15, 0.2) is 5.96 Å². The average molecular weight is 221 g/mol. The Bertz CT molecular complexity index is 361. The van der Waals surface area contributed by atoms with Gasteiger partial charge in [0.2, 0.25) is 0 Å². The molecular formula is C12H19N3O. The topological polar surface area (TPSA) is 70.6 Å². The summed E-state index contributed by atoms with van der Waals surface area (Å²) in [5.74, 6) is 0.328. The van der Waals surface area contributed by atoms with Crippen LogP contribution in [0.1, 0.15) is 19.4 Å². The zero-order valence-corrected chi connectivity index (χ0v) is 9.77. The number of nitrogens with zero attached hydrogens (tertiary/aromatic N) is 1. The van der Waals surface area contributed by atoms with Crippen LogP contribution in [0.25, 0.3) is 0 Å². The molecule has 1 aromatic rings. The number of aliphatic imine (C=N–C) groups is 1. The largest absolute Gasteiger partial charge is 0.391 e. The van der Waals surface area contributed by atoms with E-state index in [2.05, 4.69) is 23.3 Å². The molecule has 16 heavy (non-hydrogen) atoms. The molecule has 0 heterocycles. The van der Waals surface area contributed by atoms with Crippen LogP contribution in [-0.2, 0) is 6.42 Å². The highest BCUT2D eigenvalue weighted by atomic mass is 16.3. The lowest BCUT2D eigenvalue weighted by atomic mass is 10.1. The first-order chi connectivity index (χ1) is 7.61. The van der Waals surface area contributed by atoms with E-state index in [0.29, 0.717) is 12.5 Å². The minimum absolute atomic E-state index is 0.312. The van der Waals surface area contributed by atoms with Gasteiger partial charge in [0.05, 0.1) is 12.6 Å². The number of aliphatic hydroxyl groups excluding tert-OH is 1. The van der Waals surface area contributed by atoms with Crippen molar-refractivity contribution in [1.29, 1.82) is 0 Å². The first-order valence-corrected chi connectivity index (χ1v) is 5.45. The fourth-order valence-corrected chi connectivity index (χ4v) is 1.29. The van der Waals surface area contributed by atoms with Crippen LogP contribution >= 0.6 is 0 Å². The molecule has 0 radical (unpaired) electrons. The molecule has 0 aliphatic carbocycles. The summed E-state index contributed by atoms with van der Waals surface area (Å²) in [6.45, 7) is 4.09. The Morgan fingerprint density at radius 2 is 2.31 bits per heavy atom. The summed E-state index contributed by atoms with van der Waals surface area (Å²) in [7, 11) is 0. The number of hydrogen-bond acceptors (Lipinski definition) is 2. The lowest BCUT2D eigenvalue weighted by molar-refractivity contribution is 0.204. The van der Waals surface area contributed by atoms with Crippen molar-refractivity contribution in [2.24, 2.45) is 10.7 Å². The van der Waals surface area contributed by atoms with E-state index in [-0.39, 0.29) is 0 Å². The van der Waals surface area contributed by atoms with Gasteiger partial charge in [0.1, 0.15) is 0 Å². The maximum absolute atomic E-state index is 9.06. The summed E-state index contributed by atoms with van der Waals surface area (Å²) in [6, 6.07) is 8.01. The smallest absolute Gasteiger partial charge is 0.193 e. The summed E-state index contributed by atoms with van der Waals surface area (Å²) in [5.41, 5.74) is 7.84. The molecule has 1 rings (SSSR count). The number of aryl methyl sites for hydroxylation is 1. The summed E-state index contributed by atoms with van der Waals surface area (Å²) >= 11 is 0. The molecular weight excluding hydrogens is 202 g/mol. The minimum Gasteiger partial charge on any atom is -0.391 e. The lowest BCUT2D eigenvalue weighted by Crippen LogP contribution is -2.24. The predicted octanol–water partition coefficient (Wildman–Crippen LogP) is 1.36. The molecule has 0 saturated carbocycles. The van der Waals surface area contributed by atoms with Crippen LogP contribution < -0.4 is 11.1 Å². The summed E-state index contributed by atoms with van der Waals surface area (Å²) in [5, 5.41) is 12.0. The molecule has 1 aromatic carbocycles. The van der Waals surface area contributed by atoms with E-state index < -0.39 is 6.10 Å². The molecule has 1 unspecified atom stereocenters. The van der Waals surface area contributed by atoms with E-state index in [1.54, 1.807) is 6.92 Å². The molecule has 0 aromatic heterocycles. The van der Waals surface area contributed by atoms with Crippen LogP contribution in [-0.4, -0.2) is 23.7 Å². The second-order valence-corrected chi connectivity index (χ2v) is 3.75. The number of nitrogens with two attached hydrogens (primary N) is 1. The second kappa shape index (κ2) is 6.12. The highest BCUT2D eigenvalue weighted by molar-refractivity contribution is 5.92. The van der Waals surface area contributed by atoms with Crippen molar-refractivity contribution in [1.82, 2.24) is 0 Å². The van der Waals surface area contributed by atoms with Gasteiger partial charge in [0.25, 0.3) is 0 Å². The zero-order valence-electron chi connectivity index (χ0n) is 9.77. The highest BCUT2D eigenvalue weighted by Gasteiger charge is 1.97. The molecule has 0 amide bonds. The third-order valence-corrected chi connectivity index (χ3v) is 2.13. The van der Waals surface area contributed by atoms with Crippen molar-refractivity contribution < 1.29 is 5.11 Å². The predicted molar refractivity (Wildman–Crippen MR) is 67.6 cm³/mol. The van der Waals surface area contributed by atoms with Crippen molar-refractivity contribution >= 4 is 11.6 Å². The molecule has 0 aliphatic rings.